The van der Waals surface area contributed by atoms with Crippen LogP contribution >= 0.6 is 0 Å². The number of nitrogens with one attached hydrogen (secondary N) is 1. The Bertz CT molecular complexity index is 928. The molecule has 1 unspecified atom stereocenters. The highest BCUT2D eigenvalue weighted by Crippen LogP contribution is 2.21. The molecule has 2 aromatic rings. The number of halogens is 1. The van der Waals surface area contributed by atoms with Gasteiger partial charge in [-0.15, -0.1) is 0 Å². The summed E-state index contributed by atoms with van der Waals surface area (Å²) in [4.78, 5) is 29.7. The lowest BCUT2D eigenvalue weighted by molar-refractivity contribution is -0.133. The summed E-state index contributed by atoms with van der Waals surface area (Å²) in [7, 11) is 0. The number of hydrogen-bond acceptors (Lipinski definition) is 4. The highest BCUT2D eigenvalue weighted by atomic mass is 19.1. The average molecular weight is 440 g/mol. The molecule has 0 saturated carbocycles. The second-order valence-electron chi connectivity index (χ2n) is 8.56. The van der Waals surface area contributed by atoms with E-state index in [1.54, 1.807) is 17.0 Å². The molecule has 7 heteroatoms. The Balaban J connectivity index is 1.31. The van der Waals surface area contributed by atoms with Gasteiger partial charge < -0.3 is 15.0 Å². The predicted octanol–water partition coefficient (Wildman–Crippen LogP) is 3.08. The van der Waals surface area contributed by atoms with Crippen molar-refractivity contribution in [1.29, 1.82) is 0 Å². The van der Waals surface area contributed by atoms with Crippen molar-refractivity contribution < 1.29 is 18.7 Å². The SMILES string of the molecule is O=C(Nc1cccc(CN2CCOCC2)c1)C1CCCN(C(=O)Cc2ccc(F)cc2)C1. The van der Waals surface area contributed by atoms with Gasteiger partial charge in [0.15, 0.2) is 0 Å². The molecule has 0 radical (unpaired) electrons. The van der Waals surface area contributed by atoms with Crippen molar-refractivity contribution in [2.75, 3.05) is 44.7 Å². The van der Waals surface area contributed by atoms with E-state index in [0.29, 0.717) is 13.1 Å². The zero-order chi connectivity index (χ0) is 22.3. The molecule has 32 heavy (non-hydrogen) atoms. The second kappa shape index (κ2) is 10.7. The number of ether oxygens (including phenoxy) is 1. The number of likely N-dealkylation sites (tertiary alicyclic amines) is 1. The van der Waals surface area contributed by atoms with Crippen LogP contribution in [0.25, 0.3) is 0 Å². The number of carbonyl (C=O) groups excluding carboxylic acids is 2. The molecule has 2 saturated heterocycles. The zero-order valence-electron chi connectivity index (χ0n) is 18.3. The Morgan fingerprint density at radius 1 is 1.03 bits per heavy atom. The van der Waals surface area contributed by atoms with Gasteiger partial charge in [-0.2, -0.15) is 0 Å². The van der Waals surface area contributed by atoms with Crippen molar-refractivity contribution in [1.82, 2.24) is 9.80 Å². The van der Waals surface area contributed by atoms with Crippen molar-refractivity contribution in [3.05, 3.63) is 65.5 Å². The summed E-state index contributed by atoms with van der Waals surface area (Å²) in [6, 6.07) is 13.9. The number of morpholine rings is 1. The van der Waals surface area contributed by atoms with Crippen LogP contribution in [0.5, 0.6) is 0 Å². The van der Waals surface area contributed by atoms with E-state index in [9.17, 15) is 14.0 Å². The van der Waals surface area contributed by atoms with Crippen LogP contribution in [0.2, 0.25) is 0 Å². The predicted molar refractivity (Wildman–Crippen MR) is 121 cm³/mol. The summed E-state index contributed by atoms with van der Waals surface area (Å²) in [5, 5.41) is 3.04. The van der Waals surface area contributed by atoms with E-state index in [2.05, 4.69) is 16.3 Å². The molecule has 0 aromatic heterocycles. The van der Waals surface area contributed by atoms with E-state index in [0.717, 1.165) is 62.5 Å². The fourth-order valence-corrected chi connectivity index (χ4v) is 4.32. The van der Waals surface area contributed by atoms with E-state index in [4.69, 9.17) is 4.74 Å². The lowest BCUT2D eigenvalue weighted by Gasteiger charge is -2.32. The van der Waals surface area contributed by atoms with Crippen LogP contribution in [-0.2, 0) is 27.3 Å². The molecule has 0 spiro atoms. The minimum Gasteiger partial charge on any atom is -0.379 e. The van der Waals surface area contributed by atoms with Crippen molar-refractivity contribution in [2.45, 2.75) is 25.8 Å². The number of rotatable bonds is 6. The van der Waals surface area contributed by atoms with Crippen LogP contribution in [0.15, 0.2) is 48.5 Å². The maximum atomic E-state index is 13.1. The quantitative estimate of drug-likeness (QED) is 0.752. The molecule has 2 aromatic carbocycles. The molecule has 2 heterocycles. The third kappa shape index (κ3) is 6.14. The molecule has 0 bridgehead atoms. The Morgan fingerprint density at radius 2 is 1.81 bits per heavy atom. The highest BCUT2D eigenvalue weighted by molar-refractivity contribution is 5.93. The van der Waals surface area contributed by atoms with Gasteiger partial charge in [0.1, 0.15) is 5.82 Å². The number of carbonyl (C=O) groups is 2. The van der Waals surface area contributed by atoms with Gasteiger partial charge >= 0.3 is 0 Å². The van der Waals surface area contributed by atoms with Crippen molar-refractivity contribution >= 4 is 17.5 Å². The van der Waals surface area contributed by atoms with Crippen molar-refractivity contribution in [3.8, 4) is 0 Å². The van der Waals surface area contributed by atoms with Crippen LogP contribution < -0.4 is 5.32 Å². The number of piperidine rings is 1. The molecule has 0 aliphatic carbocycles. The lowest BCUT2D eigenvalue weighted by atomic mass is 9.96. The first-order valence-corrected chi connectivity index (χ1v) is 11.3. The first kappa shape index (κ1) is 22.4. The maximum Gasteiger partial charge on any atom is 0.229 e. The van der Waals surface area contributed by atoms with Crippen LogP contribution in [0.4, 0.5) is 10.1 Å². The van der Waals surface area contributed by atoms with Gasteiger partial charge in [0.25, 0.3) is 0 Å². The summed E-state index contributed by atoms with van der Waals surface area (Å²) in [6.45, 7) is 5.25. The first-order valence-electron chi connectivity index (χ1n) is 11.3. The summed E-state index contributed by atoms with van der Waals surface area (Å²) >= 11 is 0. The number of amides is 2. The smallest absolute Gasteiger partial charge is 0.229 e. The normalized spacial score (nSPS) is 19.5. The standard InChI is InChI=1S/C25H30FN3O3/c26-22-8-6-19(7-9-22)16-24(30)29-10-2-4-21(18-29)25(31)27-23-5-1-3-20(15-23)17-28-11-13-32-14-12-28/h1,3,5-9,15,21H,2,4,10-14,16-18H2,(H,27,31). The molecule has 2 amide bonds. The molecule has 2 aliphatic heterocycles. The van der Waals surface area contributed by atoms with E-state index in [-0.39, 0.29) is 30.0 Å². The Kier molecular flexibility index (Phi) is 7.50. The van der Waals surface area contributed by atoms with E-state index >= 15 is 0 Å². The van der Waals surface area contributed by atoms with Crippen LogP contribution in [0, 0.1) is 11.7 Å². The molecule has 6 nitrogen and oxygen atoms in total. The van der Waals surface area contributed by atoms with E-state index in [1.165, 1.54) is 12.1 Å². The average Bonchev–Trinajstić information content (AvgIpc) is 2.81. The number of hydrogen-bond donors (Lipinski definition) is 1. The van der Waals surface area contributed by atoms with Crippen LogP contribution in [0.1, 0.15) is 24.0 Å². The molecule has 2 aliphatic rings. The van der Waals surface area contributed by atoms with Crippen molar-refractivity contribution in [3.63, 3.8) is 0 Å². The number of nitrogens with zero attached hydrogens (tertiary/aromatic N) is 2. The van der Waals surface area contributed by atoms with Gasteiger partial charge in [-0.1, -0.05) is 24.3 Å². The van der Waals surface area contributed by atoms with Crippen LogP contribution in [-0.4, -0.2) is 61.0 Å². The van der Waals surface area contributed by atoms with Crippen LogP contribution in [0.3, 0.4) is 0 Å². The monoisotopic (exact) mass is 439 g/mol. The largest absolute Gasteiger partial charge is 0.379 e. The van der Waals surface area contributed by atoms with Gasteiger partial charge in [-0.3, -0.25) is 14.5 Å². The van der Waals surface area contributed by atoms with E-state index in [1.807, 2.05) is 18.2 Å². The Hall–Kier alpha value is -2.77. The molecule has 170 valence electrons. The maximum absolute atomic E-state index is 13.1. The molecular formula is C25H30FN3O3. The zero-order valence-corrected chi connectivity index (χ0v) is 18.3. The number of benzene rings is 2. The third-order valence-electron chi connectivity index (χ3n) is 6.12. The van der Waals surface area contributed by atoms with Gasteiger partial charge in [0.2, 0.25) is 11.8 Å². The summed E-state index contributed by atoms with van der Waals surface area (Å²) in [5.41, 5.74) is 2.72. The molecule has 1 atom stereocenters. The fourth-order valence-electron chi connectivity index (χ4n) is 4.32. The van der Waals surface area contributed by atoms with Crippen molar-refractivity contribution in [2.24, 2.45) is 5.92 Å². The van der Waals surface area contributed by atoms with Gasteiger partial charge in [-0.25, -0.2) is 4.39 Å². The molecule has 1 N–H and O–H groups in total. The Labute approximate surface area is 188 Å². The minimum absolute atomic E-state index is 0.0263. The third-order valence-corrected chi connectivity index (χ3v) is 6.12. The topological polar surface area (TPSA) is 61.9 Å². The minimum atomic E-state index is -0.315. The summed E-state index contributed by atoms with van der Waals surface area (Å²) < 4.78 is 18.5. The fraction of sp³-hybridized carbons (Fsp3) is 0.440. The van der Waals surface area contributed by atoms with E-state index < -0.39 is 0 Å². The number of anilines is 1. The second-order valence-corrected chi connectivity index (χ2v) is 8.56. The van der Waals surface area contributed by atoms with Gasteiger partial charge in [0.05, 0.1) is 25.6 Å². The molecular weight excluding hydrogens is 409 g/mol. The molecule has 2 fully saturated rings. The summed E-state index contributed by atoms with van der Waals surface area (Å²) in [6.07, 6.45) is 1.78. The van der Waals surface area contributed by atoms with Gasteiger partial charge in [0, 0.05) is 38.4 Å². The van der Waals surface area contributed by atoms with Gasteiger partial charge in [-0.05, 0) is 48.2 Å². The highest BCUT2D eigenvalue weighted by Gasteiger charge is 2.28. The summed E-state index contributed by atoms with van der Waals surface area (Å²) in [5.74, 6) is -0.622. The Morgan fingerprint density at radius 3 is 2.59 bits per heavy atom. The lowest BCUT2D eigenvalue weighted by Crippen LogP contribution is -2.44. The first-order chi connectivity index (χ1) is 15.6. The molecule has 4 rings (SSSR count).